The highest BCUT2D eigenvalue weighted by molar-refractivity contribution is 5.61. The van der Waals surface area contributed by atoms with Gasteiger partial charge in [-0.15, -0.1) is 0 Å². The number of methoxy groups -OCH3 is 1. The van der Waals surface area contributed by atoms with Gasteiger partial charge in [0, 0.05) is 51.5 Å². The average Bonchev–Trinajstić information content (AvgIpc) is 2.94. The Morgan fingerprint density at radius 3 is 2.76 bits per heavy atom. The van der Waals surface area contributed by atoms with Crippen LogP contribution in [0.2, 0.25) is 0 Å². The van der Waals surface area contributed by atoms with E-state index in [2.05, 4.69) is 27.3 Å². The molecule has 8 nitrogen and oxygen atoms in total. The van der Waals surface area contributed by atoms with Crippen molar-refractivity contribution in [1.82, 2.24) is 10.3 Å². The number of pyridine rings is 1. The Kier molecular flexibility index (Phi) is 8.75. The molecule has 3 heterocycles. The lowest BCUT2D eigenvalue weighted by Crippen LogP contribution is -2.49. The summed E-state index contributed by atoms with van der Waals surface area (Å²) >= 11 is 0. The van der Waals surface area contributed by atoms with Gasteiger partial charge in [-0.2, -0.15) is 0 Å². The fraction of sp³-hybridized carbons (Fsp3) is 0.433. The standard InChI is InChI=1S/C30H37N3O5/c1-21-4-11-29(32-17-21)38-24-8-6-23(7-9-24)30-26(34)18-31-19-28(30)37-20-22-5-10-27-25(16-22)33(13-15-36-27)12-3-14-35-2/h4-11,16-17,26,28,30-31,34H,3,12-15,18-20H2,1-2H3/t26-,28?,30+/m1/s1. The third-order valence-corrected chi connectivity index (χ3v) is 7.11. The fourth-order valence-electron chi connectivity index (χ4n) is 5.11. The van der Waals surface area contributed by atoms with Crippen molar-refractivity contribution >= 4 is 5.69 Å². The number of aliphatic hydroxyl groups excluding tert-OH is 1. The van der Waals surface area contributed by atoms with Gasteiger partial charge in [0.25, 0.3) is 0 Å². The van der Waals surface area contributed by atoms with Crippen molar-refractivity contribution in [2.45, 2.75) is 38.1 Å². The van der Waals surface area contributed by atoms with E-state index in [0.29, 0.717) is 37.9 Å². The summed E-state index contributed by atoms with van der Waals surface area (Å²) < 4.78 is 23.4. The van der Waals surface area contributed by atoms with Crippen LogP contribution in [0.3, 0.4) is 0 Å². The predicted octanol–water partition coefficient (Wildman–Crippen LogP) is 4.05. The summed E-state index contributed by atoms with van der Waals surface area (Å²) in [6, 6.07) is 17.9. The molecule has 0 aliphatic carbocycles. The van der Waals surface area contributed by atoms with Gasteiger partial charge < -0.3 is 34.3 Å². The number of fused-ring (bicyclic) bond motifs is 1. The Morgan fingerprint density at radius 1 is 1.11 bits per heavy atom. The second-order valence-electron chi connectivity index (χ2n) is 9.93. The largest absolute Gasteiger partial charge is 0.490 e. The molecule has 38 heavy (non-hydrogen) atoms. The smallest absolute Gasteiger partial charge is 0.219 e. The first-order chi connectivity index (χ1) is 18.6. The summed E-state index contributed by atoms with van der Waals surface area (Å²) in [6.07, 6.45) is 2.03. The van der Waals surface area contributed by atoms with Crippen molar-refractivity contribution < 1.29 is 24.1 Å². The molecule has 2 N–H and O–H groups in total. The van der Waals surface area contributed by atoms with E-state index in [-0.39, 0.29) is 12.0 Å². The van der Waals surface area contributed by atoms with Crippen molar-refractivity contribution in [3.63, 3.8) is 0 Å². The number of hydrogen-bond acceptors (Lipinski definition) is 8. The Bertz CT molecular complexity index is 1170. The molecule has 0 amide bonds. The molecule has 202 valence electrons. The number of β-amino-alcohol motifs (C(OH)–C–C–N with tert-alkyl or cyclic N) is 1. The number of nitrogens with one attached hydrogen (secondary N) is 1. The summed E-state index contributed by atoms with van der Waals surface area (Å²) in [5.41, 5.74) is 4.29. The summed E-state index contributed by atoms with van der Waals surface area (Å²) in [5, 5.41) is 14.2. The molecule has 2 aliphatic rings. The fourth-order valence-corrected chi connectivity index (χ4v) is 5.11. The quantitative estimate of drug-likeness (QED) is 0.388. The summed E-state index contributed by atoms with van der Waals surface area (Å²) in [6.45, 7) is 6.87. The number of nitrogens with zero attached hydrogens (tertiary/aromatic N) is 2. The van der Waals surface area contributed by atoms with Crippen molar-refractivity contribution in [2.75, 3.05) is 51.4 Å². The molecular weight excluding hydrogens is 482 g/mol. The van der Waals surface area contributed by atoms with Gasteiger partial charge in [-0.05, 0) is 54.3 Å². The van der Waals surface area contributed by atoms with Crippen molar-refractivity contribution in [3.05, 3.63) is 77.5 Å². The van der Waals surface area contributed by atoms with Crippen molar-refractivity contribution in [1.29, 1.82) is 0 Å². The van der Waals surface area contributed by atoms with Crippen LogP contribution in [0.15, 0.2) is 60.8 Å². The Labute approximate surface area is 224 Å². The zero-order valence-electron chi connectivity index (χ0n) is 22.1. The van der Waals surface area contributed by atoms with Crippen LogP contribution in [0.5, 0.6) is 17.4 Å². The first-order valence-corrected chi connectivity index (χ1v) is 13.3. The first-order valence-electron chi connectivity index (χ1n) is 13.3. The monoisotopic (exact) mass is 519 g/mol. The molecular formula is C30H37N3O5. The first kappa shape index (κ1) is 26.4. The molecule has 2 aromatic carbocycles. The zero-order chi connectivity index (χ0) is 26.3. The lowest BCUT2D eigenvalue weighted by atomic mass is 9.85. The molecule has 2 aliphatic heterocycles. The second-order valence-corrected chi connectivity index (χ2v) is 9.93. The van der Waals surface area contributed by atoms with Crippen LogP contribution < -0.4 is 19.7 Å². The van der Waals surface area contributed by atoms with Gasteiger partial charge in [0.15, 0.2) is 0 Å². The molecule has 3 aromatic rings. The van der Waals surface area contributed by atoms with E-state index in [1.807, 2.05) is 49.4 Å². The zero-order valence-corrected chi connectivity index (χ0v) is 22.1. The van der Waals surface area contributed by atoms with Crippen LogP contribution in [0.25, 0.3) is 0 Å². The molecule has 1 saturated heterocycles. The lowest BCUT2D eigenvalue weighted by molar-refractivity contribution is -0.0328. The van der Waals surface area contributed by atoms with E-state index in [1.54, 1.807) is 13.3 Å². The maximum Gasteiger partial charge on any atom is 0.219 e. The molecule has 0 radical (unpaired) electrons. The van der Waals surface area contributed by atoms with Crippen LogP contribution in [0.4, 0.5) is 5.69 Å². The van der Waals surface area contributed by atoms with Gasteiger partial charge in [-0.3, -0.25) is 0 Å². The maximum absolute atomic E-state index is 10.9. The normalized spacial score (nSPS) is 21.0. The number of ether oxygens (including phenoxy) is 4. The topological polar surface area (TPSA) is 85.3 Å². The molecule has 0 saturated carbocycles. The van der Waals surface area contributed by atoms with Crippen LogP contribution in [0, 0.1) is 6.92 Å². The third-order valence-electron chi connectivity index (χ3n) is 7.11. The van der Waals surface area contributed by atoms with Crippen molar-refractivity contribution in [3.8, 4) is 17.4 Å². The highest BCUT2D eigenvalue weighted by Gasteiger charge is 2.34. The van der Waals surface area contributed by atoms with Gasteiger partial charge >= 0.3 is 0 Å². The molecule has 1 aromatic heterocycles. The molecule has 8 heteroatoms. The van der Waals surface area contributed by atoms with Crippen LogP contribution in [-0.4, -0.2) is 68.8 Å². The van der Waals surface area contributed by atoms with Crippen LogP contribution in [0.1, 0.15) is 29.0 Å². The van der Waals surface area contributed by atoms with E-state index in [0.717, 1.165) is 54.2 Å². The Balaban J connectivity index is 1.25. The number of aliphatic hydroxyl groups is 1. The number of piperidine rings is 1. The van der Waals surface area contributed by atoms with Gasteiger partial charge in [0.2, 0.25) is 5.88 Å². The minimum absolute atomic E-state index is 0.144. The minimum atomic E-state index is -0.549. The summed E-state index contributed by atoms with van der Waals surface area (Å²) in [7, 11) is 1.73. The predicted molar refractivity (Wildman–Crippen MR) is 146 cm³/mol. The van der Waals surface area contributed by atoms with Gasteiger partial charge in [-0.25, -0.2) is 4.98 Å². The number of hydrogen-bond donors (Lipinski definition) is 2. The number of anilines is 1. The average molecular weight is 520 g/mol. The maximum atomic E-state index is 10.9. The number of rotatable bonds is 10. The number of aromatic nitrogens is 1. The van der Waals surface area contributed by atoms with E-state index in [1.165, 1.54) is 0 Å². The molecule has 1 fully saturated rings. The Morgan fingerprint density at radius 2 is 1.97 bits per heavy atom. The molecule has 5 rings (SSSR count). The highest BCUT2D eigenvalue weighted by atomic mass is 16.5. The SMILES string of the molecule is COCCCN1CCOc2ccc(COC3CNC[C@@H](O)[C@@H]3c3ccc(Oc4ccc(C)cn4)cc3)cc21. The number of aryl methyl sites for hydroxylation is 1. The van der Waals surface area contributed by atoms with Crippen LogP contribution >= 0.6 is 0 Å². The molecule has 0 spiro atoms. The Hall–Kier alpha value is -3.17. The lowest BCUT2D eigenvalue weighted by Gasteiger charge is -2.36. The third kappa shape index (κ3) is 6.45. The molecule has 1 unspecified atom stereocenters. The second kappa shape index (κ2) is 12.6. The van der Waals surface area contributed by atoms with Crippen LogP contribution in [-0.2, 0) is 16.1 Å². The van der Waals surface area contributed by atoms with Gasteiger partial charge in [0.1, 0.15) is 18.1 Å². The summed E-state index contributed by atoms with van der Waals surface area (Å²) in [5.74, 6) is 2.03. The number of benzene rings is 2. The van der Waals surface area contributed by atoms with Gasteiger partial charge in [0.05, 0.1) is 31.0 Å². The molecule has 3 atom stereocenters. The van der Waals surface area contributed by atoms with Crippen molar-refractivity contribution in [2.24, 2.45) is 0 Å². The summed E-state index contributed by atoms with van der Waals surface area (Å²) in [4.78, 5) is 6.66. The van der Waals surface area contributed by atoms with Gasteiger partial charge in [-0.1, -0.05) is 24.3 Å². The highest BCUT2D eigenvalue weighted by Crippen LogP contribution is 2.34. The van der Waals surface area contributed by atoms with E-state index < -0.39 is 6.10 Å². The van der Waals surface area contributed by atoms with E-state index in [4.69, 9.17) is 18.9 Å². The van der Waals surface area contributed by atoms with E-state index in [9.17, 15) is 5.11 Å². The van der Waals surface area contributed by atoms with E-state index >= 15 is 0 Å². The molecule has 0 bridgehead atoms. The minimum Gasteiger partial charge on any atom is -0.490 e.